The van der Waals surface area contributed by atoms with Crippen LogP contribution in [0.5, 0.6) is 17.2 Å². The molecule has 0 spiro atoms. The van der Waals surface area contributed by atoms with Crippen LogP contribution in [0, 0.1) is 5.92 Å². The van der Waals surface area contributed by atoms with E-state index in [4.69, 9.17) is 24.4 Å². The van der Waals surface area contributed by atoms with Crippen LogP contribution >= 0.6 is 22.7 Å². The second kappa shape index (κ2) is 13.1. The molecule has 0 aliphatic carbocycles. The molecule has 0 amide bonds. The number of carbonyl (C=O) groups excluding carboxylic acids is 2. The standard InChI is InChI=1S/C29H29NO9S2/c1-15(29(35)36)9-20(32)26-11-16-10-23(22(38-3)14-24(16)40-26)39-8-4-5-17-21(37-2)13-25-18(30-17)12-27(41-25)19(31)6-7-28(33)34/h10-15H,4-9H2,1-3H3,(H,33,34)(H,35,36). The summed E-state index contributed by atoms with van der Waals surface area (Å²) in [7, 11) is 3.09. The number of hydrogen-bond donors (Lipinski definition) is 2. The minimum absolute atomic E-state index is 0.0638. The van der Waals surface area contributed by atoms with Crippen LogP contribution in [0.2, 0.25) is 0 Å². The summed E-state index contributed by atoms with van der Waals surface area (Å²) in [5.74, 6) is -1.60. The molecule has 0 saturated carbocycles. The molecule has 1 atom stereocenters. The number of nitrogens with zero attached hydrogens (tertiary/aromatic N) is 1. The summed E-state index contributed by atoms with van der Waals surface area (Å²) >= 11 is 2.55. The molecule has 216 valence electrons. The zero-order chi connectivity index (χ0) is 29.7. The fourth-order valence-corrected chi connectivity index (χ4v) is 6.19. The second-order valence-corrected chi connectivity index (χ2v) is 11.6. The zero-order valence-electron chi connectivity index (χ0n) is 22.7. The van der Waals surface area contributed by atoms with Gasteiger partial charge >= 0.3 is 11.9 Å². The first-order valence-corrected chi connectivity index (χ1v) is 14.5. The van der Waals surface area contributed by atoms with Crippen LogP contribution in [-0.2, 0) is 16.0 Å². The number of carbonyl (C=O) groups is 4. The van der Waals surface area contributed by atoms with Crippen molar-refractivity contribution in [2.24, 2.45) is 5.92 Å². The number of methoxy groups -OCH3 is 2. The van der Waals surface area contributed by atoms with Gasteiger partial charge in [-0.3, -0.25) is 19.2 Å². The molecule has 4 aromatic rings. The average Bonchev–Trinajstić information content (AvgIpc) is 3.56. The predicted molar refractivity (Wildman–Crippen MR) is 155 cm³/mol. The molecular weight excluding hydrogens is 570 g/mol. The molecule has 0 radical (unpaired) electrons. The van der Waals surface area contributed by atoms with Crippen LogP contribution in [0.25, 0.3) is 20.3 Å². The highest BCUT2D eigenvalue weighted by atomic mass is 32.1. The highest BCUT2D eigenvalue weighted by Gasteiger charge is 2.20. The van der Waals surface area contributed by atoms with Crippen molar-refractivity contribution in [3.63, 3.8) is 0 Å². The van der Waals surface area contributed by atoms with E-state index in [1.807, 2.05) is 6.07 Å². The van der Waals surface area contributed by atoms with Crippen LogP contribution < -0.4 is 14.2 Å². The molecule has 1 unspecified atom stereocenters. The van der Waals surface area contributed by atoms with E-state index in [1.165, 1.54) is 36.7 Å². The van der Waals surface area contributed by atoms with E-state index in [0.29, 0.717) is 57.7 Å². The smallest absolute Gasteiger partial charge is 0.306 e. The largest absolute Gasteiger partial charge is 0.495 e. The zero-order valence-corrected chi connectivity index (χ0v) is 24.4. The lowest BCUT2D eigenvalue weighted by Crippen LogP contribution is -2.13. The normalized spacial score (nSPS) is 11.9. The number of aromatic nitrogens is 1. The van der Waals surface area contributed by atoms with Gasteiger partial charge in [-0.2, -0.15) is 0 Å². The van der Waals surface area contributed by atoms with E-state index < -0.39 is 17.9 Å². The van der Waals surface area contributed by atoms with E-state index in [9.17, 15) is 19.2 Å². The fourth-order valence-electron chi connectivity index (χ4n) is 4.17. The number of carboxylic acids is 2. The molecule has 0 saturated heterocycles. The maximum Gasteiger partial charge on any atom is 0.306 e. The molecule has 41 heavy (non-hydrogen) atoms. The van der Waals surface area contributed by atoms with Gasteiger partial charge in [-0.05, 0) is 36.4 Å². The number of aryl methyl sites for hydroxylation is 1. The van der Waals surface area contributed by atoms with E-state index in [1.54, 1.807) is 31.4 Å². The Morgan fingerprint density at radius 3 is 2.22 bits per heavy atom. The molecule has 12 heteroatoms. The number of hydrogen-bond acceptors (Lipinski definition) is 10. The molecule has 1 aromatic carbocycles. The summed E-state index contributed by atoms with van der Waals surface area (Å²) < 4.78 is 18.7. The summed E-state index contributed by atoms with van der Waals surface area (Å²) in [6, 6.07) is 8.87. The Balaban J connectivity index is 1.43. The Kier molecular flexibility index (Phi) is 9.56. The monoisotopic (exact) mass is 599 g/mol. The van der Waals surface area contributed by atoms with Gasteiger partial charge < -0.3 is 24.4 Å². The van der Waals surface area contributed by atoms with Crippen molar-refractivity contribution in [1.29, 1.82) is 0 Å². The molecular formula is C29H29NO9S2. The lowest BCUT2D eigenvalue weighted by Gasteiger charge is -2.12. The topological polar surface area (TPSA) is 149 Å². The highest BCUT2D eigenvalue weighted by molar-refractivity contribution is 7.21. The van der Waals surface area contributed by atoms with Crippen LogP contribution in [0.1, 0.15) is 57.6 Å². The predicted octanol–water partition coefficient (Wildman–Crippen LogP) is 5.88. The fraction of sp³-hybridized carbons (Fsp3) is 0.345. The molecule has 3 aromatic heterocycles. The molecule has 0 fully saturated rings. The third-order valence-corrected chi connectivity index (χ3v) is 8.66. The van der Waals surface area contributed by atoms with Gasteiger partial charge in [0.15, 0.2) is 23.1 Å². The first-order valence-electron chi connectivity index (χ1n) is 12.8. The number of fused-ring (bicyclic) bond motifs is 2. The van der Waals surface area contributed by atoms with Crippen LogP contribution in [0.4, 0.5) is 0 Å². The van der Waals surface area contributed by atoms with Gasteiger partial charge in [-0.15, -0.1) is 22.7 Å². The van der Waals surface area contributed by atoms with Crippen molar-refractivity contribution < 1.29 is 43.6 Å². The molecule has 0 aliphatic heterocycles. The number of Topliss-reactive ketones (excluding diaryl/α,β-unsaturated/α-hetero) is 2. The minimum Gasteiger partial charge on any atom is -0.495 e. The minimum atomic E-state index is -1.01. The summed E-state index contributed by atoms with van der Waals surface area (Å²) in [6.07, 6.45) is 0.793. The first-order chi connectivity index (χ1) is 19.6. The van der Waals surface area contributed by atoms with E-state index in [-0.39, 0.29) is 30.8 Å². The first kappa shape index (κ1) is 29.9. The number of rotatable bonds is 15. The maximum atomic E-state index is 12.6. The van der Waals surface area contributed by atoms with Crippen molar-refractivity contribution >= 4 is 66.5 Å². The highest BCUT2D eigenvalue weighted by Crippen LogP contribution is 2.37. The number of carboxylic acid groups (broad SMARTS) is 2. The van der Waals surface area contributed by atoms with Gasteiger partial charge in [-0.25, -0.2) is 4.98 Å². The number of benzene rings is 1. The SMILES string of the molecule is COc1cc2sc(C(=O)CC(C)C(=O)O)cc2cc1OCCCc1nc2cc(C(=O)CCC(=O)O)sc2cc1OC. The number of pyridine rings is 1. The third kappa shape index (κ3) is 7.19. The number of aliphatic carboxylic acids is 2. The molecule has 10 nitrogen and oxygen atoms in total. The molecule has 2 N–H and O–H groups in total. The average molecular weight is 600 g/mol. The van der Waals surface area contributed by atoms with Gasteiger partial charge in [0.2, 0.25) is 0 Å². The summed E-state index contributed by atoms with van der Waals surface area (Å²) in [5.41, 5.74) is 1.36. The van der Waals surface area contributed by atoms with Crippen LogP contribution in [0.15, 0.2) is 30.3 Å². The summed E-state index contributed by atoms with van der Waals surface area (Å²) in [6.45, 7) is 1.86. The Hall–Kier alpha value is -4.03. The summed E-state index contributed by atoms with van der Waals surface area (Å²) in [4.78, 5) is 52.5. The lowest BCUT2D eigenvalue weighted by atomic mass is 10.0. The van der Waals surface area contributed by atoms with Crippen LogP contribution in [0.3, 0.4) is 0 Å². The van der Waals surface area contributed by atoms with Crippen molar-refractivity contribution in [1.82, 2.24) is 4.98 Å². The van der Waals surface area contributed by atoms with Gasteiger partial charge in [0.05, 0.1) is 58.8 Å². The number of thiophene rings is 2. The Labute approximate surface area is 243 Å². The lowest BCUT2D eigenvalue weighted by molar-refractivity contribution is -0.141. The Bertz CT molecular complexity index is 1620. The van der Waals surface area contributed by atoms with E-state index >= 15 is 0 Å². The number of ether oxygens (including phenoxy) is 3. The van der Waals surface area contributed by atoms with Crippen molar-refractivity contribution in [2.75, 3.05) is 20.8 Å². The molecule has 3 heterocycles. The quantitative estimate of drug-likeness (QED) is 0.125. The van der Waals surface area contributed by atoms with Crippen molar-refractivity contribution in [2.45, 2.75) is 39.0 Å². The number of ketones is 2. The van der Waals surface area contributed by atoms with E-state index in [0.717, 1.165) is 14.8 Å². The molecule has 0 bridgehead atoms. The molecule has 4 rings (SSSR count). The second-order valence-electron chi connectivity index (χ2n) is 9.42. The maximum absolute atomic E-state index is 12.6. The Morgan fingerprint density at radius 1 is 0.854 bits per heavy atom. The van der Waals surface area contributed by atoms with Gasteiger partial charge in [0.25, 0.3) is 0 Å². The molecule has 0 aliphatic rings. The summed E-state index contributed by atoms with van der Waals surface area (Å²) in [5, 5.41) is 18.8. The van der Waals surface area contributed by atoms with E-state index in [2.05, 4.69) is 4.98 Å². The van der Waals surface area contributed by atoms with Gasteiger partial charge in [0, 0.05) is 29.7 Å². The Morgan fingerprint density at radius 2 is 1.54 bits per heavy atom. The van der Waals surface area contributed by atoms with Gasteiger partial charge in [0.1, 0.15) is 5.75 Å². The third-order valence-electron chi connectivity index (χ3n) is 6.41. The van der Waals surface area contributed by atoms with Crippen LogP contribution in [-0.4, -0.2) is 59.5 Å². The van der Waals surface area contributed by atoms with Crippen molar-refractivity contribution in [3.8, 4) is 17.2 Å². The van der Waals surface area contributed by atoms with Crippen molar-refractivity contribution in [3.05, 3.63) is 45.8 Å². The van der Waals surface area contributed by atoms with Gasteiger partial charge in [-0.1, -0.05) is 6.92 Å².